The number of carbonyl (C=O) groups excluding carboxylic acids is 1. The van der Waals surface area contributed by atoms with Crippen molar-refractivity contribution in [1.82, 2.24) is 5.32 Å². The summed E-state index contributed by atoms with van der Waals surface area (Å²) in [6.45, 7) is 0. The van der Waals surface area contributed by atoms with Gasteiger partial charge in [-0.3, -0.25) is 4.79 Å². The van der Waals surface area contributed by atoms with Crippen LogP contribution in [0.15, 0.2) is 22.7 Å². The Balaban J connectivity index is 2.23. The van der Waals surface area contributed by atoms with Crippen molar-refractivity contribution < 1.29 is 14.7 Å². The average molecular weight is 355 g/mol. The fourth-order valence-corrected chi connectivity index (χ4v) is 3.27. The van der Waals surface area contributed by atoms with Gasteiger partial charge >= 0.3 is 5.97 Å². The van der Waals surface area contributed by atoms with Crippen LogP contribution in [0.4, 0.5) is 5.69 Å². The molecule has 1 aromatic rings. The average Bonchev–Trinajstić information content (AvgIpc) is 2.64. The van der Waals surface area contributed by atoms with Crippen LogP contribution in [0.25, 0.3) is 0 Å². The number of anilines is 1. The van der Waals surface area contributed by atoms with E-state index in [-0.39, 0.29) is 0 Å². The van der Waals surface area contributed by atoms with E-state index in [2.05, 4.69) is 21.2 Å². The van der Waals surface area contributed by atoms with Crippen molar-refractivity contribution in [3.8, 4) is 0 Å². The van der Waals surface area contributed by atoms with E-state index in [1.54, 1.807) is 18.2 Å². The summed E-state index contributed by atoms with van der Waals surface area (Å²) in [6.07, 6.45) is 4.58. The van der Waals surface area contributed by atoms with Gasteiger partial charge in [-0.15, -0.1) is 0 Å². The van der Waals surface area contributed by atoms with Crippen LogP contribution in [0.1, 0.15) is 48.9 Å². The molecule has 1 fully saturated rings. The number of halogens is 1. The summed E-state index contributed by atoms with van der Waals surface area (Å²) >= 11 is 3.29. The molecule has 0 heterocycles. The van der Waals surface area contributed by atoms with Crippen molar-refractivity contribution >= 4 is 33.5 Å². The number of carbonyl (C=O) groups is 2. The molecule has 0 aromatic heterocycles. The molecule has 5 nitrogen and oxygen atoms in total. The maximum absolute atomic E-state index is 12.4. The summed E-state index contributed by atoms with van der Waals surface area (Å²) in [4.78, 5) is 24.1. The monoisotopic (exact) mass is 354 g/mol. The molecule has 1 aliphatic rings. The van der Waals surface area contributed by atoms with E-state index in [9.17, 15) is 14.7 Å². The Labute approximate surface area is 132 Å². The summed E-state index contributed by atoms with van der Waals surface area (Å²) in [5.41, 5.74) is 5.39. The predicted molar refractivity (Wildman–Crippen MR) is 84.1 cm³/mol. The molecule has 1 amide bonds. The van der Waals surface area contributed by atoms with Gasteiger partial charge in [0.1, 0.15) is 5.54 Å². The number of nitrogen functional groups attached to an aromatic ring is 1. The molecule has 2 rings (SSSR count). The maximum atomic E-state index is 12.4. The first kappa shape index (κ1) is 15.8. The highest BCUT2D eigenvalue weighted by Crippen LogP contribution is 2.28. The smallest absolute Gasteiger partial charge is 0.329 e. The van der Waals surface area contributed by atoms with Crippen molar-refractivity contribution in [2.75, 3.05) is 5.73 Å². The van der Waals surface area contributed by atoms with Crippen molar-refractivity contribution in [2.24, 2.45) is 0 Å². The molecule has 0 spiro atoms. The van der Waals surface area contributed by atoms with E-state index < -0.39 is 17.4 Å². The second-order valence-corrected chi connectivity index (χ2v) is 6.44. The predicted octanol–water partition coefficient (Wildman–Crippen LogP) is 2.94. The number of benzene rings is 1. The quantitative estimate of drug-likeness (QED) is 0.574. The van der Waals surface area contributed by atoms with Crippen LogP contribution in [0.5, 0.6) is 0 Å². The number of amides is 1. The molecule has 4 N–H and O–H groups in total. The number of aliphatic carboxylic acids is 1. The normalized spacial score (nSPS) is 17.8. The molecule has 0 bridgehead atoms. The Morgan fingerprint density at radius 2 is 1.76 bits per heavy atom. The molecule has 0 atom stereocenters. The Morgan fingerprint density at radius 1 is 1.14 bits per heavy atom. The number of carboxylic acid groups (broad SMARTS) is 1. The minimum absolute atomic E-state index is 0.367. The van der Waals surface area contributed by atoms with Crippen LogP contribution in [-0.2, 0) is 4.79 Å². The Kier molecular flexibility index (Phi) is 4.88. The van der Waals surface area contributed by atoms with Crippen molar-refractivity contribution in [3.05, 3.63) is 28.2 Å². The van der Waals surface area contributed by atoms with E-state index in [1.165, 1.54) is 0 Å². The molecule has 0 saturated heterocycles. The molecule has 0 radical (unpaired) electrons. The SMILES string of the molecule is Nc1cc(Br)cc(C(=O)NC2(C(=O)O)CCCCCC2)c1. The maximum Gasteiger partial charge on any atom is 0.329 e. The number of nitrogens with one attached hydrogen (secondary N) is 1. The van der Waals surface area contributed by atoms with Gasteiger partial charge in [-0.25, -0.2) is 4.79 Å². The summed E-state index contributed by atoms with van der Waals surface area (Å²) < 4.78 is 0.692. The summed E-state index contributed by atoms with van der Waals surface area (Å²) in [6, 6.07) is 4.87. The van der Waals surface area contributed by atoms with Gasteiger partial charge in [-0.1, -0.05) is 41.6 Å². The largest absolute Gasteiger partial charge is 0.480 e. The third-order valence-corrected chi connectivity index (χ3v) is 4.36. The highest BCUT2D eigenvalue weighted by atomic mass is 79.9. The van der Waals surface area contributed by atoms with Gasteiger partial charge in [0.2, 0.25) is 0 Å². The lowest BCUT2D eigenvalue weighted by Gasteiger charge is -2.29. The van der Waals surface area contributed by atoms with E-state index >= 15 is 0 Å². The van der Waals surface area contributed by atoms with Gasteiger partial charge in [-0.05, 0) is 31.0 Å². The fraction of sp³-hybridized carbons (Fsp3) is 0.467. The number of hydrogen-bond acceptors (Lipinski definition) is 3. The zero-order chi connectivity index (χ0) is 15.5. The highest BCUT2D eigenvalue weighted by molar-refractivity contribution is 9.10. The number of hydrogen-bond donors (Lipinski definition) is 3. The Morgan fingerprint density at radius 3 is 2.29 bits per heavy atom. The number of carboxylic acids is 1. The second-order valence-electron chi connectivity index (χ2n) is 5.53. The van der Waals surface area contributed by atoms with E-state index in [1.807, 2.05) is 0 Å². The Bertz CT molecular complexity index is 532. The van der Waals surface area contributed by atoms with Gasteiger partial charge in [-0.2, -0.15) is 0 Å². The van der Waals surface area contributed by atoms with E-state index in [0.29, 0.717) is 28.6 Å². The summed E-state index contributed by atoms with van der Waals surface area (Å²) in [7, 11) is 0. The third-order valence-electron chi connectivity index (χ3n) is 3.90. The minimum Gasteiger partial charge on any atom is -0.480 e. The van der Waals surface area contributed by atoms with Gasteiger partial charge < -0.3 is 16.2 Å². The third kappa shape index (κ3) is 3.75. The molecule has 114 valence electrons. The van der Waals surface area contributed by atoms with Crippen molar-refractivity contribution in [2.45, 2.75) is 44.1 Å². The zero-order valence-corrected chi connectivity index (χ0v) is 13.3. The van der Waals surface area contributed by atoms with Gasteiger partial charge in [0.15, 0.2) is 0 Å². The second kappa shape index (κ2) is 6.47. The molecule has 0 aliphatic heterocycles. The van der Waals surface area contributed by atoms with Gasteiger partial charge in [0.05, 0.1) is 0 Å². The molecule has 1 aliphatic carbocycles. The van der Waals surface area contributed by atoms with Crippen molar-refractivity contribution in [1.29, 1.82) is 0 Å². The number of nitrogens with two attached hydrogens (primary N) is 1. The van der Waals surface area contributed by atoms with Crippen LogP contribution >= 0.6 is 15.9 Å². The molecular weight excluding hydrogens is 336 g/mol. The summed E-state index contributed by atoms with van der Waals surface area (Å²) in [5.74, 6) is -1.35. The first-order chi connectivity index (χ1) is 9.93. The minimum atomic E-state index is -1.16. The summed E-state index contributed by atoms with van der Waals surface area (Å²) in [5, 5.41) is 12.3. The topological polar surface area (TPSA) is 92.4 Å². The first-order valence-electron chi connectivity index (χ1n) is 7.05. The van der Waals surface area contributed by atoms with Crippen LogP contribution in [0.3, 0.4) is 0 Å². The van der Waals surface area contributed by atoms with Crippen LogP contribution in [0, 0.1) is 0 Å². The molecule has 0 unspecified atom stereocenters. The molecule has 1 aromatic carbocycles. The van der Waals surface area contributed by atoms with E-state index in [0.717, 1.165) is 25.7 Å². The molecule has 1 saturated carbocycles. The van der Waals surface area contributed by atoms with Crippen LogP contribution < -0.4 is 11.1 Å². The highest BCUT2D eigenvalue weighted by Gasteiger charge is 2.40. The lowest BCUT2D eigenvalue weighted by atomic mass is 9.90. The van der Waals surface area contributed by atoms with Crippen LogP contribution in [-0.4, -0.2) is 22.5 Å². The fourth-order valence-electron chi connectivity index (χ4n) is 2.76. The lowest BCUT2D eigenvalue weighted by molar-refractivity contribution is -0.145. The number of rotatable bonds is 3. The van der Waals surface area contributed by atoms with Gasteiger partial charge in [0.25, 0.3) is 5.91 Å². The zero-order valence-electron chi connectivity index (χ0n) is 11.7. The molecular formula is C15H19BrN2O3. The molecule has 21 heavy (non-hydrogen) atoms. The Hall–Kier alpha value is -1.56. The first-order valence-corrected chi connectivity index (χ1v) is 7.84. The molecule has 6 heteroatoms. The van der Waals surface area contributed by atoms with Crippen LogP contribution in [0.2, 0.25) is 0 Å². The standard InChI is InChI=1S/C15H19BrN2O3/c16-11-7-10(8-12(17)9-11)13(19)18-15(14(20)21)5-3-1-2-4-6-15/h7-9H,1-6,17H2,(H,18,19)(H,20,21). The van der Waals surface area contributed by atoms with Gasteiger partial charge in [0, 0.05) is 15.7 Å². The van der Waals surface area contributed by atoms with Crippen molar-refractivity contribution in [3.63, 3.8) is 0 Å². The lowest BCUT2D eigenvalue weighted by Crippen LogP contribution is -2.54. The van der Waals surface area contributed by atoms with E-state index in [4.69, 9.17) is 5.73 Å².